The number of amides is 2. The van der Waals surface area contributed by atoms with Gasteiger partial charge in [0, 0.05) is 12.7 Å². The molecule has 1 N–H and O–H groups in total. The van der Waals surface area contributed by atoms with E-state index < -0.39 is 47.2 Å². The Kier molecular flexibility index (Phi) is 5.98. The summed E-state index contributed by atoms with van der Waals surface area (Å²) >= 11 is 1.32. The fourth-order valence-corrected chi connectivity index (χ4v) is 4.16. The molecule has 0 aliphatic carbocycles. The van der Waals surface area contributed by atoms with Crippen molar-refractivity contribution in [1.82, 2.24) is 4.90 Å². The number of esters is 1. The van der Waals surface area contributed by atoms with Gasteiger partial charge in [0.05, 0.1) is 6.26 Å². The molecule has 1 fully saturated rings. The van der Waals surface area contributed by atoms with Gasteiger partial charge in [0.1, 0.15) is 34.5 Å². The van der Waals surface area contributed by atoms with Crippen LogP contribution in [0.3, 0.4) is 0 Å². The summed E-state index contributed by atoms with van der Waals surface area (Å²) in [6.45, 7) is 0.570. The first-order valence-corrected chi connectivity index (χ1v) is 9.27. The predicted octanol–water partition coefficient (Wildman–Crippen LogP) is 2.70. The zero-order valence-corrected chi connectivity index (χ0v) is 15.5. The van der Waals surface area contributed by atoms with E-state index in [9.17, 15) is 23.2 Å². The number of nitrogens with zero attached hydrogens (tertiary/aromatic N) is 1. The van der Waals surface area contributed by atoms with E-state index in [1.807, 2.05) is 5.32 Å². The predicted molar refractivity (Wildman–Crippen MR) is 96.2 cm³/mol. The third kappa shape index (κ3) is 4.16. The van der Waals surface area contributed by atoms with Crippen LogP contribution in [0, 0.1) is 11.6 Å². The highest BCUT2D eigenvalue weighted by Gasteiger charge is 2.43. The highest BCUT2D eigenvalue weighted by molar-refractivity contribution is 7.99. The van der Waals surface area contributed by atoms with E-state index in [2.05, 4.69) is 0 Å². The van der Waals surface area contributed by atoms with Crippen LogP contribution in [0.25, 0.3) is 0 Å². The summed E-state index contributed by atoms with van der Waals surface area (Å²) < 4.78 is 37.4. The second-order valence-electron chi connectivity index (χ2n) is 5.90. The van der Waals surface area contributed by atoms with Crippen molar-refractivity contribution in [1.29, 1.82) is 0 Å². The highest BCUT2D eigenvalue weighted by Crippen LogP contribution is 2.41. The van der Waals surface area contributed by atoms with Crippen LogP contribution in [-0.2, 0) is 19.1 Å². The summed E-state index contributed by atoms with van der Waals surface area (Å²) in [6.07, 6.45) is 1.46. The van der Waals surface area contributed by atoms with Crippen LogP contribution < -0.4 is 5.32 Å². The van der Waals surface area contributed by atoms with E-state index >= 15 is 0 Å². The van der Waals surface area contributed by atoms with E-state index in [1.54, 1.807) is 12.1 Å². The molecule has 1 aliphatic rings. The molecular formula is C18H16F2N2O5S. The number of carbonyl (C=O) groups is 3. The van der Waals surface area contributed by atoms with Crippen molar-refractivity contribution in [3.05, 3.63) is 54.0 Å². The fraction of sp³-hybridized carbons (Fsp3) is 0.278. The van der Waals surface area contributed by atoms with E-state index in [0.717, 1.165) is 18.2 Å². The van der Waals surface area contributed by atoms with Crippen molar-refractivity contribution in [2.75, 3.05) is 17.7 Å². The number of furan rings is 1. The molecule has 2 heterocycles. The number of benzene rings is 1. The molecule has 0 saturated carbocycles. The van der Waals surface area contributed by atoms with Gasteiger partial charge < -0.3 is 19.4 Å². The lowest BCUT2D eigenvalue weighted by Crippen LogP contribution is -2.43. The Morgan fingerprint density at radius 1 is 1.25 bits per heavy atom. The van der Waals surface area contributed by atoms with E-state index in [1.165, 1.54) is 29.8 Å². The summed E-state index contributed by atoms with van der Waals surface area (Å²) in [5.74, 6) is -3.17. The molecular weight excluding hydrogens is 394 g/mol. The van der Waals surface area contributed by atoms with Gasteiger partial charge in [0.15, 0.2) is 6.61 Å². The lowest BCUT2D eigenvalue weighted by Gasteiger charge is -2.25. The second kappa shape index (κ2) is 8.42. The van der Waals surface area contributed by atoms with Gasteiger partial charge in [-0.2, -0.15) is 0 Å². The second-order valence-corrected chi connectivity index (χ2v) is 7.01. The molecule has 1 aliphatic heterocycles. The highest BCUT2D eigenvalue weighted by atomic mass is 32.2. The zero-order chi connectivity index (χ0) is 20.3. The number of ether oxygens (including phenoxy) is 1. The molecule has 1 saturated heterocycles. The summed E-state index contributed by atoms with van der Waals surface area (Å²) in [5.41, 5.74) is -0.622. The first kappa shape index (κ1) is 19.9. The minimum Gasteiger partial charge on any atom is -0.466 e. The summed E-state index contributed by atoms with van der Waals surface area (Å²) in [6, 6.07) is 5.59. The van der Waals surface area contributed by atoms with Crippen LogP contribution in [-0.4, -0.2) is 41.1 Å². The first-order valence-electron chi connectivity index (χ1n) is 8.23. The summed E-state index contributed by atoms with van der Waals surface area (Å²) in [5, 5.41) is 1.54. The topological polar surface area (TPSA) is 88.8 Å². The van der Waals surface area contributed by atoms with Gasteiger partial charge in [-0.3, -0.25) is 9.59 Å². The minimum atomic E-state index is -0.948. The monoisotopic (exact) mass is 410 g/mol. The van der Waals surface area contributed by atoms with Crippen LogP contribution in [0.1, 0.15) is 18.1 Å². The number of hydrogen-bond donors (Lipinski definition) is 1. The van der Waals surface area contributed by atoms with Crippen LogP contribution in [0.4, 0.5) is 14.5 Å². The Labute approximate surface area is 163 Å². The molecule has 1 aromatic heterocycles. The molecule has 2 atom stereocenters. The van der Waals surface area contributed by atoms with Crippen molar-refractivity contribution in [2.24, 2.45) is 0 Å². The average molecular weight is 410 g/mol. The Bertz CT molecular complexity index is 870. The Morgan fingerprint density at radius 3 is 2.57 bits per heavy atom. The normalized spacial score (nSPS) is 18.8. The van der Waals surface area contributed by atoms with Crippen molar-refractivity contribution in [2.45, 2.75) is 18.3 Å². The smallest absolute Gasteiger partial charge is 0.330 e. The number of rotatable bonds is 5. The summed E-state index contributed by atoms with van der Waals surface area (Å²) in [4.78, 5) is 37.6. The molecule has 0 unspecified atom stereocenters. The Hall–Kier alpha value is -2.88. The van der Waals surface area contributed by atoms with Crippen molar-refractivity contribution in [3.8, 4) is 0 Å². The van der Waals surface area contributed by atoms with E-state index in [0.29, 0.717) is 5.76 Å². The molecule has 1 aromatic carbocycles. The molecule has 28 heavy (non-hydrogen) atoms. The van der Waals surface area contributed by atoms with Crippen molar-refractivity contribution < 1.29 is 32.3 Å². The fourth-order valence-electron chi connectivity index (χ4n) is 2.75. The molecule has 148 valence electrons. The number of hydrogen-bond acceptors (Lipinski definition) is 6. The molecule has 3 rings (SSSR count). The van der Waals surface area contributed by atoms with Gasteiger partial charge in [-0.05, 0) is 24.3 Å². The van der Waals surface area contributed by atoms with E-state index in [4.69, 9.17) is 9.15 Å². The largest absolute Gasteiger partial charge is 0.466 e. The number of thioether (sulfide) groups is 1. The van der Waals surface area contributed by atoms with Gasteiger partial charge in [-0.1, -0.05) is 6.07 Å². The van der Waals surface area contributed by atoms with Gasteiger partial charge in [0.25, 0.3) is 5.91 Å². The average Bonchev–Trinajstić information content (AvgIpc) is 3.31. The zero-order valence-electron chi connectivity index (χ0n) is 14.7. The molecule has 2 amide bonds. The number of halogens is 2. The number of anilines is 1. The Morgan fingerprint density at radius 2 is 1.96 bits per heavy atom. The number of nitrogens with one attached hydrogen (secondary N) is 1. The standard InChI is InChI=1S/C18H16F2N2O5S/c1-10(23)22-13(9-28-17(22)14-6-3-7-26-14)18(25)27-8-15(24)21-16-11(19)4-2-5-12(16)20/h2-7,13,17H,8-9H2,1H3,(H,21,24)/t13-,17+/m0/s1. The van der Waals surface area contributed by atoms with Gasteiger partial charge in [-0.15, -0.1) is 11.8 Å². The quantitative estimate of drug-likeness (QED) is 0.763. The lowest BCUT2D eigenvalue weighted by atomic mass is 10.2. The third-order valence-corrected chi connectivity index (χ3v) is 5.28. The summed E-state index contributed by atoms with van der Waals surface area (Å²) in [7, 11) is 0. The molecule has 0 radical (unpaired) electrons. The van der Waals surface area contributed by atoms with Crippen LogP contribution in [0.5, 0.6) is 0 Å². The molecule has 0 spiro atoms. The van der Waals surface area contributed by atoms with Gasteiger partial charge in [0.2, 0.25) is 5.91 Å². The lowest BCUT2D eigenvalue weighted by molar-refractivity contribution is -0.155. The number of carbonyl (C=O) groups excluding carboxylic acids is 3. The van der Waals surface area contributed by atoms with Crippen molar-refractivity contribution >= 4 is 35.2 Å². The third-order valence-electron chi connectivity index (χ3n) is 4.00. The molecule has 0 bridgehead atoms. The van der Waals surface area contributed by atoms with E-state index in [-0.39, 0.29) is 11.7 Å². The molecule has 7 nitrogen and oxygen atoms in total. The maximum atomic E-state index is 13.6. The minimum absolute atomic E-state index is 0.257. The molecule has 10 heteroatoms. The van der Waals surface area contributed by atoms with Crippen molar-refractivity contribution in [3.63, 3.8) is 0 Å². The van der Waals surface area contributed by atoms with Crippen LogP contribution in [0.2, 0.25) is 0 Å². The maximum absolute atomic E-state index is 13.6. The van der Waals surface area contributed by atoms with Crippen LogP contribution >= 0.6 is 11.8 Å². The van der Waals surface area contributed by atoms with Crippen LogP contribution in [0.15, 0.2) is 41.0 Å². The SMILES string of the molecule is CC(=O)N1[C@@H](c2ccco2)SC[C@H]1C(=O)OCC(=O)Nc1c(F)cccc1F. The maximum Gasteiger partial charge on any atom is 0.330 e. The number of para-hydroxylation sites is 1. The first-order chi connectivity index (χ1) is 13.4. The Balaban J connectivity index is 1.61. The molecule has 2 aromatic rings. The van der Waals surface area contributed by atoms with Gasteiger partial charge >= 0.3 is 5.97 Å². The van der Waals surface area contributed by atoms with Gasteiger partial charge in [-0.25, -0.2) is 13.6 Å².